The van der Waals surface area contributed by atoms with E-state index in [-0.39, 0.29) is 52.2 Å². The van der Waals surface area contributed by atoms with Gasteiger partial charge in [0.25, 0.3) is 0 Å². The number of nitrogens with zero attached hydrogens (tertiary/aromatic N) is 1. The second kappa shape index (κ2) is 11.9. The Hall–Kier alpha value is -1.71. The lowest BCUT2D eigenvalue weighted by atomic mass is 10.3. The number of carbonyl (C=O) groups excluding carboxylic acids is 2. The van der Waals surface area contributed by atoms with Crippen molar-refractivity contribution in [3.8, 4) is 0 Å². The molecule has 0 spiro atoms. The van der Waals surface area contributed by atoms with Gasteiger partial charge in [0.05, 0.1) is 26.1 Å². The zero-order valence-corrected chi connectivity index (χ0v) is 12.6. The van der Waals surface area contributed by atoms with Crippen LogP contribution in [0.5, 0.6) is 0 Å². The predicted octanol–water partition coefficient (Wildman–Crippen LogP) is -1.04. The van der Waals surface area contributed by atoms with Gasteiger partial charge in [0.1, 0.15) is 6.61 Å². The molecule has 0 aromatic rings. The van der Waals surface area contributed by atoms with E-state index >= 15 is 0 Å². The molecular weight excluding hydrogens is 298 g/mol. The largest absolute Gasteiger partial charge is 0.481 e. The number of carboxylic acid groups (broad SMARTS) is 1. The zero-order chi connectivity index (χ0) is 17.0. The molecule has 0 saturated heterocycles. The Bertz CT molecular complexity index is 354. The van der Waals surface area contributed by atoms with Crippen molar-refractivity contribution >= 4 is 17.9 Å². The number of ether oxygens (including phenoxy) is 2. The summed E-state index contributed by atoms with van der Waals surface area (Å²) >= 11 is 0. The maximum atomic E-state index is 11.4. The van der Waals surface area contributed by atoms with E-state index in [1.54, 1.807) is 6.92 Å². The van der Waals surface area contributed by atoms with E-state index in [1.807, 2.05) is 0 Å². The van der Waals surface area contributed by atoms with Gasteiger partial charge in [-0.05, 0) is 0 Å². The summed E-state index contributed by atoms with van der Waals surface area (Å²) in [7, 11) is 0. The van der Waals surface area contributed by atoms with Gasteiger partial charge in [-0.2, -0.15) is 0 Å². The van der Waals surface area contributed by atoms with Gasteiger partial charge in [-0.1, -0.05) is 6.92 Å². The molecule has 128 valence electrons. The number of hydrogen-bond donors (Lipinski definition) is 3. The van der Waals surface area contributed by atoms with E-state index in [0.29, 0.717) is 0 Å². The lowest BCUT2D eigenvalue weighted by Gasteiger charge is -2.29. The normalized spacial score (nSPS) is 12.0. The molecule has 0 aromatic carbocycles. The molecule has 0 aromatic heterocycles. The summed E-state index contributed by atoms with van der Waals surface area (Å²) in [6.45, 7) is 1.08. The second-order valence-corrected chi connectivity index (χ2v) is 4.36. The van der Waals surface area contributed by atoms with Gasteiger partial charge in [0.15, 0.2) is 6.23 Å². The molecule has 0 saturated carbocycles. The molecule has 9 heteroatoms. The summed E-state index contributed by atoms with van der Waals surface area (Å²) in [6, 6.07) is 0. The minimum atomic E-state index is -1.12. The fraction of sp³-hybridized carbons (Fsp3) is 0.769. The van der Waals surface area contributed by atoms with Crippen LogP contribution < -0.4 is 0 Å². The first kappa shape index (κ1) is 20.3. The Kier molecular flexibility index (Phi) is 11.0. The van der Waals surface area contributed by atoms with E-state index in [0.717, 1.165) is 0 Å². The SMILES string of the molecule is CCC(=O)OC(COC(=O)CCC(=O)O)N(CCO)CCO. The Labute approximate surface area is 128 Å². The minimum Gasteiger partial charge on any atom is -0.481 e. The van der Waals surface area contributed by atoms with E-state index in [1.165, 1.54) is 4.90 Å². The summed E-state index contributed by atoms with van der Waals surface area (Å²) in [4.78, 5) is 34.6. The lowest BCUT2D eigenvalue weighted by molar-refractivity contribution is -0.173. The molecule has 0 rings (SSSR count). The summed E-state index contributed by atoms with van der Waals surface area (Å²) in [5.74, 6) is -2.37. The fourth-order valence-electron chi connectivity index (χ4n) is 1.55. The van der Waals surface area contributed by atoms with Crippen molar-refractivity contribution in [2.24, 2.45) is 0 Å². The quantitative estimate of drug-likeness (QED) is 0.304. The third-order valence-electron chi connectivity index (χ3n) is 2.67. The second-order valence-electron chi connectivity index (χ2n) is 4.36. The first-order valence-electron chi connectivity index (χ1n) is 6.97. The van der Waals surface area contributed by atoms with Crippen molar-refractivity contribution in [1.82, 2.24) is 4.90 Å². The highest BCUT2D eigenvalue weighted by Gasteiger charge is 2.23. The Morgan fingerprint density at radius 2 is 1.64 bits per heavy atom. The number of aliphatic hydroxyl groups excluding tert-OH is 2. The maximum absolute atomic E-state index is 11.4. The van der Waals surface area contributed by atoms with Crippen LogP contribution in [0.2, 0.25) is 0 Å². The number of carboxylic acids is 1. The van der Waals surface area contributed by atoms with Gasteiger partial charge in [0, 0.05) is 19.5 Å². The molecule has 0 aliphatic carbocycles. The highest BCUT2D eigenvalue weighted by atomic mass is 16.6. The molecule has 1 atom stereocenters. The molecule has 0 radical (unpaired) electrons. The average molecular weight is 321 g/mol. The highest BCUT2D eigenvalue weighted by molar-refractivity contribution is 5.76. The molecule has 0 bridgehead atoms. The van der Waals surface area contributed by atoms with Crippen LogP contribution in [-0.2, 0) is 23.9 Å². The van der Waals surface area contributed by atoms with Crippen molar-refractivity contribution in [1.29, 1.82) is 0 Å². The van der Waals surface area contributed by atoms with Crippen molar-refractivity contribution in [3.63, 3.8) is 0 Å². The van der Waals surface area contributed by atoms with Crippen LogP contribution in [0.25, 0.3) is 0 Å². The van der Waals surface area contributed by atoms with Gasteiger partial charge in [-0.25, -0.2) is 0 Å². The summed E-state index contributed by atoms with van der Waals surface area (Å²) in [6.07, 6.45) is -1.46. The van der Waals surface area contributed by atoms with Crippen molar-refractivity contribution in [3.05, 3.63) is 0 Å². The summed E-state index contributed by atoms with van der Waals surface area (Å²) in [5.41, 5.74) is 0. The summed E-state index contributed by atoms with van der Waals surface area (Å²) in [5, 5.41) is 26.5. The van der Waals surface area contributed by atoms with E-state index in [4.69, 9.17) is 24.8 Å². The number of rotatable bonds is 12. The van der Waals surface area contributed by atoms with Gasteiger partial charge in [0.2, 0.25) is 0 Å². The minimum absolute atomic E-state index is 0.120. The molecule has 0 aliphatic rings. The average Bonchev–Trinajstić information content (AvgIpc) is 2.48. The molecule has 0 amide bonds. The van der Waals surface area contributed by atoms with Crippen molar-refractivity contribution in [2.45, 2.75) is 32.4 Å². The molecule has 22 heavy (non-hydrogen) atoms. The van der Waals surface area contributed by atoms with Crippen LogP contribution in [-0.4, -0.2) is 77.3 Å². The van der Waals surface area contributed by atoms with Crippen LogP contribution in [0.15, 0.2) is 0 Å². The van der Waals surface area contributed by atoms with Gasteiger partial charge in [-0.15, -0.1) is 0 Å². The highest BCUT2D eigenvalue weighted by Crippen LogP contribution is 2.06. The van der Waals surface area contributed by atoms with Gasteiger partial charge < -0.3 is 24.8 Å². The smallest absolute Gasteiger partial charge is 0.307 e. The topological polar surface area (TPSA) is 134 Å². The van der Waals surface area contributed by atoms with Gasteiger partial charge >= 0.3 is 17.9 Å². The molecular formula is C13H23NO8. The number of esters is 2. The van der Waals surface area contributed by atoms with E-state index in [9.17, 15) is 14.4 Å². The third-order valence-corrected chi connectivity index (χ3v) is 2.67. The lowest BCUT2D eigenvalue weighted by Crippen LogP contribution is -2.45. The van der Waals surface area contributed by atoms with Crippen LogP contribution in [0.1, 0.15) is 26.2 Å². The molecule has 1 unspecified atom stereocenters. The van der Waals surface area contributed by atoms with E-state index < -0.39 is 24.1 Å². The molecule has 3 N–H and O–H groups in total. The van der Waals surface area contributed by atoms with Crippen molar-refractivity contribution < 1.29 is 39.2 Å². The number of aliphatic carboxylic acids is 1. The first-order valence-corrected chi connectivity index (χ1v) is 6.97. The molecule has 9 nitrogen and oxygen atoms in total. The maximum Gasteiger partial charge on any atom is 0.307 e. The van der Waals surface area contributed by atoms with Gasteiger partial charge in [-0.3, -0.25) is 19.3 Å². The Balaban J connectivity index is 4.59. The van der Waals surface area contributed by atoms with Crippen LogP contribution in [0.4, 0.5) is 0 Å². The Morgan fingerprint density at radius 3 is 2.09 bits per heavy atom. The van der Waals surface area contributed by atoms with Crippen LogP contribution in [0, 0.1) is 0 Å². The van der Waals surface area contributed by atoms with Crippen LogP contribution >= 0.6 is 0 Å². The van der Waals surface area contributed by atoms with Crippen LogP contribution in [0.3, 0.4) is 0 Å². The number of hydrogen-bond acceptors (Lipinski definition) is 8. The fourth-order valence-corrected chi connectivity index (χ4v) is 1.55. The zero-order valence-electron chi connectivity index (χ0n) is 12.6. The Morgan fingerprint density at radius 1 is 1.05 bits per heavy atom. The predicted molar refractivity (Wildman–Crippen MR) is 73.7 cm³/mol. The third kappa shape index (κ3) is 9.27. The number of aliphatic hydroxyl groups is 2. The monoisotopic (exact) mass is 321 g/mol. The molecule has 0 fully saturated rings. The molecule has 0 heterocycles. The number of carbonyl (C=O) groups is 3. The first-order chi connectivity index (χ1) is 10.4. The molecule has 0 aliphatic heterocycles. The standard InChI is InChI=1S/C13H23NO8/c1-2-12(19)22-10(14(5-7-15)6-8-16)9-21-13(20)4-3-11(17)18/h10,15-16H,2-9H2,1H3,(H,17,18). The van der Waals surface area contributed by atoms with E-state index in [2.05, 4.69) is 0 Å². The van der Waals surface area contributed by atoms with Crippen molar-refractivity contribution in [2.75, 3.05) is 32.9 Å². The summed E-state index contributed by atoms with van der Waals surface area (Å²) < 4.78 is 10.0.